The number of nitrogens with zero attached hydrogens (tertiary/aromatic N) is 3. The molecule has 0 saturated heterocycles. The molecule has 2 rings (SSSR count). The number of hydrogen-bond acceptors (Lipinski definition) is 3. The summed E-state index contributed by atoms with van der Waals surface area (Å²) in [6.07, 6.45) is 3.56. The highest BCUT2D eigenvalue weighted by atomic mass is 15.1. The van der Waals surface area contributed by atoms with Crippen LogP contribution in [-0.2, 0) is 6.54 Å². The second-order valence-corrected chi connectivity index (χ2v) is 2.73. The van der Waals surface area contributed by atoms with Crippen molar-refractivity contribution in [2.75, 3.05) is 0 Å². The molecule has 0 aliphatic carbocycles. The molecule has 3 nitrogen and oxygen atoms in total. The van der Waals surface area contributed by atoms with Crippen molar-refractivity contribution in [3.05, 3.63) is 30.1 Å². The Morgan fingerprint density at radius 2 is 2.18 bits per heavy atom. The van der Waals surface area contributed by atoms with E-state index in [0.717, 1.165) is 17.8 Å². The SMILES string of the molecule is BN1Cc2cnncc2C1=C. The van der Waals surface area contributed by atoms with Crippen LogP contribution in [0.4, 0.5) is 0 Å². The van der Waals surface area contributed by atoms with Crippen LogP contribution in [0.3, 0.4) is 0 Å². The first-order valence-corrected chi connectivity index (χ1v) is 3.49. The zero-order valence-electron chi connectivity index (χ0n) is 6.41. The molecule has 0 N–H and O–H groups in total. The average Bonchev–Trinajstić information content (AvgIpc) is 2.30. The highest BCUT2D eigenvalue weighted by Crippen LogP contribution is 2.27. The van der Waals surface area contributed by atoms with Gasteiger partial charge in [0.05, 0.1) is 12.4 Å². The third kappa shape index (κ3) is 0.825. The van der Waals surface area contributed by atoms with E-state index in [4.69, 9.17) is 0 Å². The zero-order valence-corrected chi connectivity index (χ0v) is 6.41. The van der Waals surface area contributed by atoms with Crippen molar-refractivity contribution in [2.45, 2.75) is 6.54 Å². The maximum atomic E-state index is 3.93. The standard InChI is InChI=1S/C7H8BN3/c1-5-7-3-10-9-2-6(7)4-11(5)8/h2-3H,1,4,8H2. The van der Waals surface area contributed by atoms with Gasteiger partial charge < -0.3 is 4.81 Å². The van der Waals surface area contributed by atoms with E-state index >= 15 is 0 Å². The molecule has 0 atom stereocenters. The summed E-state index contributed by atoms with van der Waals surface area (Å²) >= 11 is 0. The molecule has 4 heteroatoms. The van der Waals surface area contributed by atoms with E-state index in [9.17, 15) is 0 Å². The molecule has 0 amide bonds. The fourth-order valence-corrected chi connectivity index (χ4v) is 1.29. The van der Waals surface area contributed by atoms with E-state index in [1.54, 1.807) is 12.4 Å². The Kier molecular flexibility index (Phi) is 1.21. The first-order valence-electron chi connectivity index (χ1n) is 3.49. The van der Waals surface area contributed by atoms with Gasteiger partial charge in [-0.2, -0.15) is 10.2 Å². The van der Waals surface area contributed by atoms with Crippen LogP contribution in [0.1, 0.15) is 11.1 Å². The first kappa shape index (κ1) is 6.40. The summed E-state index contributed by atoms with van der Waals surface area (Å²) in [6.45, 7) is 4.84. The molecule has 0 saturated carbocycles. The van der Waals surface area contributed by atoms with Gasteiger partial charge in [-0.15, -0.1) is 0 Å². The Balaban J connectivity index is 2.55. The smallest absolute Gasteiger partial charge is 0.217 e. The highest BCUT2D eigenvalue weighted by Gasteiger charge is 2.18. The predicted molar refractivity (Wildman–Crippen MR) is 45.2 cm³/mol. The van der Waals surface area contributed by atoms with Gasteiger partial charge in [-0.3, -0.25) is 0 Å². The second-order valence-electron chi connectivity index (χ2n) is 2.73. The van der Waals surface area contributed by atoms with Crippen molar-refractivity contribution < 1.29 is 0 Å². The predicted octanol–water partition coefficient (Wildman–Crippen LogP) is -0.189. The topological polar surface area (TPSA) is 29.0 Å². The zero-order chi connectivity index (χ0) is 7.84. The minimum absolute atomic E-state index is 0.906. The minimum atomic E-state index is 0.906. The van der Waals surface area contributed by atoms with E-state index in [-0.39, 0.29) is 0 Å². The molecule has 11 heavy (non-hydrogen) atoms. The normalized spacial score (nSPS) is 15.3. The second kappa shape index (κ2) is 2.08. The van der Waals surface area contributed by atoms with Crippen LogP contribution in [0, 0.1) is 0 Å². The summed E-state index contributed by atoms with van der Waals surface area (Å²) in [5, 5.41) is 7.61. The Labute approximate surface area is 66.2 Å². The van der Waals surface area contributed by atoms with Gasteiger partial charge in [0.25, 0.3) is 0 Å². The number of fused-ring (bicyclic) bond motifs is 1. The first-order chi connectivity index (χ1) is 5.29. The highest BCUT2D eigenvalue weighted by molar-refractivity contribution is 6.10. The van der Waals surface area contributed by atoms with Gasteiger partial charge in [0.2, 0.25) is 7.98 Å². The summed E-state index contributed by atoms with van der Waals surface area (Å²) in [7, 11) is 2.02. The van der Waals surface area contributed by atoms with Gasteiger partial charge >= 0.3 is 0 Å². The van der Waals surface area contributed by atoms with Gasteiger partial charge in [-0.05, 0) is 0 Å². The van der Waals surface area contributed by atoms with Gasteiger partial charge in [0, 0.05) is 23.4 Å². The molecule has 0 unspecified atom stereocenters. The van der Waals surface area contributed by atoms with Crippen LogP contribution in [-0.4, -0.2) is 23.0 Å². The maximum Gasteiger partial charge on any atom is 0.217 e. The van der Waals surface area contributed by atoms with Crippen LogP contribution in [0.15, 0.2) is 19.0 Å². The molecule has 2 heterocycles. The molecular weight excluding hydrogens is 137 g/mol. The molecule has 1 aliphatic rings. The van der Waals surface area contributed by atoms with Crippen LogP contribution in [0.2, 0.25) is 0 Å². The van der Waals surface area contributed by atoms with E-state index in [1.807, 2.05) is 7.98 Å². The molecule has 0 fully saturated rings. The molecule has 1 aliphatic heterocycles. The Morgan fingerprint density at radius 1 is 1.45 bits per heavy atom. The largest absolute Gasteiger partial charge is 0.418 e. The molecule has 1 aromatic rings. The summed E-state index contributed by atoms with van der Waals surface area (Å²) in [6, 6.07) is 0. The van der Waals surface area contributed by atoms with Crippen molar-refractivity contribution in [3.63, 3.8) is 0 Å². The van der Waals surface area contributed by atoms with Gasteiger partial charge in [0.1, 0.15) is 0 Å². The molecule has 54 valence electrons. The molecule has 0 spiro atoms. The number of aromatic nitrogens is 2. The lowest BCUT2D eigenvalue weighted by molar-refractivity contribution is 0.658. The van der Waals surface area contributed by atoms with Crippen molar-refractivity contribution in [1.82, 2.24) is 15.0 Å². The Hall–Kier alpha value is -1.32. The van der Waals surface area contributed by atoms with E-state index in [0.29, 0.717) is 0 Å². The van der Waals surface area contributed by atoms with Crippen molar-refractivity contribution in [2.24, 2.45) is 0 Å². The molecule has 0 bridgehead atoms. The number of rotatable bonds is 0. The van der Waals surface area contributed by atoms with Gasteiger partial charge in [-0.1, -0.05) is 6.58 Å². The minimum Gasteiger partial charge on any atom is -0.418 e. The van der Waals surface area contributed by atoms with E-state index in [2.05, 4.69) is 21.6 Å². The molecular formula is C7H8BN3. The Morgan fingerprint density at radius 3 is 2.91 bits per heavy atom. The third-order valence-electron chi connectivity index (χ3n) is 1.99. The van der Waals surface area contributed by atoms with E-state index < -0.39 is 0 Å². The lowest BCUT2D eigenvalue weighted by Gasteiger charge is -2.10. The number of hydrogen-bond donors (Lipinski definition) is 0. The van der Waals surface area contributed by atoms with Gasteiger partial charge in [0.15, 0.2) is 0 Å². The summed E-state index contributed by atoms with van der Waals surface area (Å²) < 4.78 is 0. The van der Waals surface area contributed by atoms with Crippen LogP contribution in [0.25, 0.3) is 5.70 Å². The van der Waals surface area contributed by atoms with Crippen molar-refractivity contribution in [3.8, 4) is 0 Å². The summed E-state index contributed by atoms with van der Waals surface area (Å²) in [4.78, 5) is 2.09. The quantitative estimate of drug-likeness (QED) is 0.474. The lowest BCUT2D eigenvalue weighted by atomic mass is 10.2. The summed E-state index contributed by atoms with van der Waals surface area (Å²) in [5.74, 6) is 0. The maximum absolute atomic E-state index is 3.93. The monoisotopic (exact) mass is 145 g/mol. The average molecular weight is 145 g/mol. The molecule has 1 aromatic heterocycles. The van der Waals surface area contributed by atoms with Crippen molar-refractivity contribution >= 4 is 13.7 Å². The van der Waals surface area contributed by atoms with Gasteiger partial charge in [-0.25, -0.2) is 0 Å². The fraction of sp³-hybridized carbons (Fsp3) is 0.143. The molecule has 0 aromatic carbocycles. The van der Waals surface area contributed by atoms with E-state index in [1.165, 1.54) is 5.56 Å². The lowest BCUT2D eigenvalue weighted by Crippen LogP contribution is -2.08. The van der Waals surface area contributed by atoms with Crippen molar-refractivity contribution in [1.29, 1.82) is 0 Å². The molecule has 0 radical (unpaired) electrons. The van der Waals surface area contributed by atoms with Crippen LogP contribution >= 0.6 is 0 Å². The summed E-state index contributed by atoms with van der Waals surface area (Å²) in [5.41, 5.74) is 3.38. The third-order valence-corrected chi connectivity index (χ3v) is 1.99. The fourth-order valence-electron chi connectivity index (χ4n) is 1.29. The van der Waals surface area contributed by atoms with Crippen LogP contribution < -0.4 is 0 Å². The Bertz CT molecular complexity index is 310. The van der Waals surface area contributed by atoms with Crippen LogP contribution in [0.5, 0.6) is 0 Å².